The molecule has 1 heterocycles. The SMILES string of the molecule is CC1CCN(CC(N)=O)C1=O. The first-order valence-corrected chi connectivity index (χ1v) is 3.68. The second-order valence-electron chi connectivity index (χ2n) is 2.92. The van der Waals surface area contributed by atoms with Gasteiger partial charge in [0.05, 0.1) is 6.54 Å². The van der Waals surface area contributed by atoms with Gasteiger partial charge in [0.15, 0.2) is 0 Å². The van der Waals surface area contributed by atoms with E-state index in [0.717, 1.165) is 6.42 Å². The maximum Gasteiger partial charge on any atom is 0.237 e. The summed E-state index contributed by atoms with van der Waals surface area (Å²) in [4.78, 5) is 23.1. The summed E-state index contributed by atoms with van der Waals surface area (Å²) < 4.78 is 0. The molecule has 0 radical (unpaired) electrons. The summed E-state index contributed by atoms with van der Waals surface area (Å²) in [5, 5.41) is 0. The highest BCUT2D eigenvalue weighted by Gasteiger charge is 2.28. The average Bonchev–Trinajstić information content (AvgIpc) is 2.18. The molecule has 0 bridgehead atoms. The van der Waals surface area contributed by atoms with Gasteiger partial charge in [-0.3, -0.25) is 9.59 Å². The lowest BCUT2D eigenvalue weighted by Gasteiger charge is -2.12. The third-order valence-electron chi connectivity index (χ3n) is 1.91. The minimum absolute atomic E-state index is 0.0452. The van der Waals surface area contributed by atoms with Gasteiger partial charge in [-0.05, 0) is 6.42 Å². The summed E-state index contributed by atoms with van der Waals surface area (Å²) in [5.41, 5.74) is 4.95. The van der Waals surface area contributed by atoms with Crippen molar-refractivity contribution in [2.75, 3.05) is 13.1 Å². The quantitative estimate of drug-likeness (QED) is 0.577. The Labute approximate surface area is 65.3 Å². The fourth-order valence-corrected chi connectivity index (χ4v) is 1.24. The van der Waals surface area contributed by atoms with Crippen molar-refractivity contribution in [3.8, 4) is 0 Å². The summed E-state index contributed by atoms with van der Waals surface area (Å²) >= 11 is 0. The first-order chi connectivity index (χ1) is 5.11. The Bertz CT molecular complexity index is 191. The highest BCUT2D eigenvalue weighted by Crippen LogP contribution is 2.15. The molecule has 0 saturated carbocycles. The van der Waals surface area contributed by atoms with Gasteiger partial charge in [-0.1, -0.05) is 6.92 Å². The molecule has 62 valence electrons. The van der Waals surface area contributed by atoms with Crippen LogP contribution < -0.4 is 5.73 Å². The molecule has 1 aliphatic heterocycles. The first kappa shape index (κ1) is 8.04. The minimum atomic E-state index is -0.438. The molecule has 0 aromatic rings. The maximum atomic E-state index is 11.2. The van der Waals surface area contributed by atoms with Gasteiger partial charge in [-0.2, -0.15) is 0 Å². The molecule has 0 aromatic heterocycles. The molecule has 2 N–H and O–H groups in total. The normalized spacial score (nSPS) is 24.3. The summed E-state index contributed by atoms with van der Waals surface area (Å²) in [7, 11) is 0. The molecular weight excluding hydrogens is 144 g/mol. The van der Waals surface area contributed by atoms with Crippen LogP contribution in [0.1, 0.15) is 13.3 Å². The topological polar surface area (TPSA) is 63.4 Å². The van der Waals surface area contributed by atoms with E-state index in [1.807, 2.05) is 6.92 Å². The number of carbonyl (C=O) groups is 2. The number of likely N-dealkylation sites (tertiary alicyclic amines) is 1. The van der Waals surface area contributed by atoms with E-state index in [2.05, 4.69) is 0 Å². The fraction of sp³-hybridized carbons (Fsp3) is 0.714. The fourth-order valence-electron chi connectivity index (χ4n) is 1.24. The molecule has 1 rings (SSSR count). The lowest BCUT2D eigenvalue weighted by molar-refractivity contribution is -0.134. The molecule has 0 aromatic carbocycles. The number of rotatable bonds is 2. The molecule has 2 amide bonds. The second kappa shape index (κ2) is 2.90. The number of nitrogens with zero attached hydrogens (tertiary/aromatic N) is 1. The monoisotopic (exact) mass is 156 g/mol. The molecule has 1 fully saturated rings. The third kappa shape index (κ3) is 1.69. The predicted molar refractivity (Wildman–Crippen MR) is 39.6 cm³/mol. The van der Waals surface area contributed by atoms with Crippen molar-refractivity contribution < 1.29 is 9.59 Å². The molecule has 0 aliphatic carbocycles. The van der Waals surface area contributed by atoms with Crippen molar-refractivity contribution in [3.05, 3.63) is 0 Å². The van der Waals surface area contributed by atoms with E-state index in [1.165, 1.54) is 4.90 Å². The zero-order valence-electron chi connectivity index (χ0n) is 6.54. The Morgan fingerprint density at radius 1 is 1.82 bits per heavy atom. The molecule has 1 unspecified atom stereocenters. The number of carbonyl (C=O) groups excluding carboxylic acids is 2. The number of hydrogen-bond acceptors (Lipinski definition) is 2. The smallest absolute Gasteiger partial charge is 0.237 e. The molecule has 1 atom stereocenters. The summed E-state index contributed by atoms with van der Waals surface area (Å²) in [5.74, 6) is -0.328. The summed E-state index contributed by atoms with van der Waals surface area (Å²) in [6.07, 6.45) is 0.839. The lowest BCUT2D eigenvalue weighted by atomic mass is 10.1. The van der Waals surface area contributed by atoms with Crippen LogP contribution in [0.3, 0.4) is 0 Å². The van der Waals surface area contributed by atoms with Gasteiger partial charge in [0.1, 0.15) is 0 Å². The van der Waals surface area contributed by atoms with Crippen LogP contribution in [0.5, 0.6) is 0 Å². The van der Waals surface area contributed by atoms with Crippen LogP contribution in [0.4, 0.5) is 0 Å². The molecule has 4 heteroatoms. The van der Waals surface area contributed by atoms with Gasteiger partial charge in [-0.15, -0.1) is 0 Å². The average molecular weight is 156 g/mol. The highest BCUT2D eigenvalue weighted by atomic mass is 16.2. The van der Waals surface area contributed by atoms with Crippen LogP contribution in [0.15, 0.2) is 0 Å². The van der Waals surface area contributed by atoms with Gasteiger partial charge < -0.3 is 10.6 Å². The standard InChI is InChI=1S/C7H12N2O2/c1-5-2-3-9(7(5)11)4-6(8)10/h5H,2-4H2,1H3,(H2,8,10). The molecule has 0 spiro atoms. The minimum Gasteiger partial charge on any atom is -0.368 e. The Kier molecular flexibility index (Phi) is 2.12. The predicted octanol–water partition coefficient (Wildman–Crippen LogP) is -0.660. The van der Waals surface area contributed by atoms with Crippen molar-refractivity contribution in [2.24, 2.45) is 11.7 Å². The van der Waals surface area contributed by atoms with Crippen LogP contribution in [0.25, 0.3) is 0 Å². The van der Waals surface area contributed by atoms with E-state index in [1.54, 1.807) is 0 Å². The molecule has 1 saturated heterocycles. The third-order valence-corrected chi connectivity index (χ3v) is 1.91. The van der Waals surface area contributed by atoms with Crippen molar-refractivity contribution >= 4 is 11.8 Å². The van der Waals surface area contributed by atoms with Gasteiger partial charge in [-0.25, -0.2) is 0 Å². The first-order valence-electron chi connectivity index (χ1n) is 3.68. The van der Waals surface area contributed by atoms with Crippen LogP contribution in [-0.2, 0) is 9.59 Å². The maximum absolute atomic E-state index is 11.2. The summed E-state index contributed by atoms with van der Waals surface area (Å²) in [6, 6.07) is 0. The Hall–Kier alpha value is -1.06. The molecular formula is C7H12N2O2. The van der Waals surface area contributed by atoms with Crippen LogP contribution in [0.2, 0.25) is 0 Å². The van der Waals surface area contributed by atoms with Crippen molar-refractivity contribution in [2.45, 2.75) is 13.3 Å². The lowest BCUT2D eigenvalue weighted by Crippen LogP contribution is -2.35. The van der Waals surface area contributed by atoms with Crippen molar-refractivity contribution in [1.82, 2.24) is 4.90 Å². The number of nitrogens with two attached hydrogens (primary N) is 1. The zero-order chi connectivity index (χ0) is 8.43. The Balaban J connectivity index is 2.49. The van der Waals surface area contributed by atoms with E-state index in [9.17, 15) is 9.59 Å². The van der Waals surface area contributed by atoms with Crippen LogP contribution in [0, 0.1) is 5.92 Å². The van der Waals surface area contributed by atoms with E-state index < -0.39 is 5.91 Å². The summed E-state index contributed by atoms with van der Waals surface area (Å²) in [6.45, 7) is 2.61. The molecule has 4 nitrogen and oxygen atoms in total. The van der Waals surface area contributed by atoms with Gasteiger partial charge >= 0.3 is 0 Å². The highest BCUT2D eigenvalue weighted by molar-refractivity contribution is 5.86. The van der Waals surface area contributed by atoms with E-state index in [0.29, 0.717) is 6.54 Å². The van der Waals surface area contributed by atoms with Crippen molar-refractivity contribution in [3.63, 3.8) is 0 Å². The largest absolute Gasteiger partial charge is 0.368 e. The molecule has 1 aliphatic rings. The number of amides is 2. The number of hydrogen-bond donors (Lipinski definition) is 1. The Morgan fingerprint density at radius 3 is 2.82 bits per heavy atom. The Morgan fingerprint density at radius 2 is 2.45 bits per heavy atom. The van der Waals surface area contributed by atoms with Gasteiger partial charge in [0, 0.05) is 12.5 Å². The second-order valence-corrected chi connectivity index (χ2v) is 2.92. The van der Waals surface area contributed by atoms with E-state index in [-0.39, 0.29) is 18.4 Å². The van der Waals surface area contributed by atoms with Crippen molar-refractivity contribution in [1.29, 1.82) is 0 Å². The van der Waals surface area contributed by atoms with E-state index in [4.69, 9.17) is 5.73 Å². The van der Waals surface area contributed by atoms with Crippen LogP contribution >= 0.6 is 0 Å². The number of primary amides is 1. The van der Waals surface area contributed by atoms with E-state index >= 15 is 0 Å². The van der Waals surface area contributed by atoms with Gasteiger partial charge in [0.2, 0.25) is 11.8 Å². The molecule has 11 heavy (non-hydrogen) atoms. The van der Waals surface area contributed by atoms with Gasteiger partial charge in [0.25, 0.3) is 0 Å². The van der Waals surface area contributed by atoms with Crippen LogP contribution in [-0.4, -0.2) is 29.8 Å². The zero-order valence-corrected chi connectivity index (χ0v) is 6.54.